The smallest absolute Gasteiger partial charge is 0.341 e. The summed E-state index contributed by atoms with van der Waals surface area (Å²) in [5, 5.41) is 8.92. The van der Waals surface area contributed by atoms with Crippen LogP contribution in [0.3, 0.4) is 0 Å². The van der Waals surface area contributed by atoms with Gasteiger partial charge < -0.3 is 9.84 Å². The topological polar surface area (TPSA) is 92.7 Å². The summed E-state index contributed by atoms with van der Waals surface area (Å²) in [7, 11) is -3.75. The molecule has 1 atom stereocenters. The fourth-order valence-corrected chi connectivity index (χ4v) is 5.62. The molecule has 1 aliphatic carbocycles. The van der Waals surface area contributed by atoms with Crippen molar-refractivity contribution in [1.29, 1.82) is 0 Å². The van der Waals surface area contributed by atoms with Crippen LogP contribution in [0.1, 0.15) is 55.3 Å². The van der Waals surface area contributed by atoms with Gasteiger partial charge in [0.25, 0.3) is 0 Å². The molecule has 6 nitrogen and oxygen atoms in total. The van der Waals surface area contributed by atoms with E-state index in [9.17, 15) is 13.2 Å². The molecule has 0 spiro atoms. The molecular weight excluding hydrogens is 450 g/mol. The van der Waals surface area contributed by atoms with Crippen molar-refractivity contribution in [2.24, 2.45) is 0 Å². The lowest BCUT2D eigenvalue weighted by Crippen LogP contribution is -2.31. The second-order valence-corrected chi connectivity index (χ2v) is 10.6. The normalized spacial score (nSPS) is 15.7. The maximum Gasteiger partial charge on any atom is 0.341 e. The Hall–Kier alpha value is -3.16. The van der Waals surface area contributed by atoms with E-state index >= 15 is 0 Å². The Bertz CT molecular complexity index is 1280. The minimum Gasteiger partial charge on any atom is -0.482 e. The molecule has 0 saturated heterocycles. The van der Waals surface area contributed by atoms with Crippen molar-refractivity contribution in [1.82, 2.24) is 4.72 Å². The van der Waals surface area contributed by atoms with Gasteiger partial charge in [-0.25, -0.2) is 17.9 Å². The number of carboxylic acids is 1. The first-order valence-corrected chi connectivity index (χ1v) is 12.9. The van der Waals surface area contributed by atoms with Gasteiger partial charge in [0.15, 0.2) is 6.61 Å². The van der Waals surface area contributed by atoms with E-state index in [1.54, 1.807) is 24.3 Å². The monoisotopic (exact) mass is 479 g/mol. The third-order valence-electron chi connectivity index (χ3n) is 6.16. The number of rotatable bonds is 8. The van der Waals surface area contributed by atoms with Gasteiger partial charge in [0.1, 0.15) is 5.75 Å². The lowest BCUT2D eigenvalue weighted by molar-refractivity contribution is -0.139. The van der Waals surface area contributed by atoms with E-state index in [1.165, 1.54) is 5.56 Å². The Morgan fingerprint density at radius 2 is 1.79 bits per heavy atom. The zero-order valence-corrected chi connectivity index (χ0v) is 20.1. The van der Waals surface area contributed by atoms with Gasteiger partial charge in [-0.05, 0) is 71.2 Å². The number of hydrogen-bond donors (Lipinski definition) is 2. The Morgan fingerprint density at radius 1 is 1.06 bits per heavy atom. The number of carboxylic acid groups (broad SMARTS) is 1. The van der Waals surface area contributed by atoms with Crippen molar-refractivity contribution in [2.75, 3.05) is 6.61 Å². The molecule has 0 saturated carbocycles. The summed E-state index contributed by atoms with van der Waals surface area (Å²) < 4.78 is 34.6. The summed E-state index contributed by atoms with van der Waals surface area (Å²) >= 11 is 0. The highest BCUT2D eigenvalue weighted by atomic mass is 32.2. The number of nitrogens with one attached hydrogen (secondary N) is 1. The van der Waals surface area contributed by atoms with E-state index < -0.39 is 28.6 Å². The Morgan fingerprint density at radius 3 is 2.50 bits per heavy atom. The molecule has 7 heteroatoms. The minimum absolute atomic E-state index is 0.210. The van der Waals surface area contributed by atoms with Crippen LogP contribution in [0.15, 0.2) is 71.6 Å². The number of hydrogen-bond acceptors (Lipinski definition) is 4. The highest BCUT2D eigenvalue weighted by Crippen LogP contribution is 2.36. The minimum atomic E-state index is -3.75. The first kappa shape index (κ1) is 24.0. The second kappa shape index (κ2) is 9.99. The highest BCUT2D eigenvalue weighted by molar-refractivity contribution is 7.89. The van der Waals surface area contributed by atoms with Crippen LogP contribution in [0, 0.1) is 0 Å². The van der Waals surface area contributed by atoms with Crippen LogP contribution in [0.4, 0.5) is 0 Å². The van der Waals surface area contributed by atoms with Crippen LogP contribution in [-0.2, 0) is 21.2 Å². The van der Waals surface area contributed by atoms with Gasteiger partial charge in [0.05, 0.1) is 4.90 Å². The fourth-order valence-electron chi connectivity index (χ4n) is 4.37. The van der Waals surface area contributed by atoms with Gasteiger partial charge >= 0.3 is 5.97 Å². The van der Waals surface area contributed by atoms with E-state index in [1.807, 2.05) is 30.3 Å². The summed E-state index contributed by atoms with van der Waals surface area (Å²) in [6, 6.07) is 20.2. The Kier molecular flexibility index (Phi) is 7.05. The van der Waals surface area contributed by atoms with Crippen molar-refractivity contribution in [2.45, 2.75) is 50.0 Å². The number of aliphatic carboxylic acids is 1. The standard InChI is InChI=1S/C27H29NO5S/c1-18(2)20-6-3-7-21(16-20)19-12-14-22(15-13-19)34(31,32)28-25-10-4-9-24-23(25)8-5-11-26(24)33-17-27(29)30/h3,5-8,11-16,18,25,28H,4,9-10,17H2,1-2H3,(H,29,30). The Labute approximate surface area is 200 Å². The van der Waals surface area contributed by atoms with E-state index in [4.69, 9.17) is 9.84 Å². The molecule has 0 heterocycles. The van der Waals surface area contributed by atoms with Crippen LogP contribution in [-0.4, -0.2) is 26.1 Å². The number of sulfonamides is 1. The average molecular weight is 480 g/mol. The molecule has 0 fully saturated rings. The third-order valence-corrected chi connectivity index (χ3v) is 7.65. The number of fused-ring (bicyclic) bond motifs is 1. The Balaban J connectivity index is 1.55. The van der Waals surface area contributed by atoms with Gasteiger partial charge in [-0.15, -0.1) is 0 Å². The predicted molar refractivity (Wildman–Crippen MR) is 132 cm³/mol. The van der Waals surface area contributed by atoms with Crippen molar-refractivity contribution in [3.63, 3.8) is 0 Å². The molecular formula is C27H29NO5S. The molecule has 0 aliphatic heterocycles. The average Bonchev–Trinajstić information content (AvgIpc) is 2.83. The van der Waals surface area contributed by atoms with E-state index in [-0.39, 0.29) is 4.90 Å². The van der Waals surface area contributed by atoms with Gasteiger partial charge in [0, 0.05) is 6.04 Å². The van der Waals surface area contributed by atoms with E-state index in [0.29, 0.717) is 24.5 Å². The van der Waals surface area contributed by atoms with Gasteiger partial charge in [0.2, 0.25) is 10.0 Å². The predicted octanol–water partition coefficient (Wildman–Crippen LogP) is 5.30. The number of ether oxygens (including phenoxy) is 1. The summed E-state index contributed by atoms with van der Waals surface area (Å²) in [5.41, 5.74) is 4.95. The molecule has 3 aromatic rings. The SMILES string of the molecule is CC(C)c1cccc(-c2ccc(S(=O)(=O)NC3CCCc4c(OCC(=O)O)cccc43)cc2)c1. The van der Waals surface area contributed by atoms with E-state index in [2.05, 4.69) is 30.7 Å². The largest absolute Gasteiger partial charge is 0.482 e. The van der Waals surface area contributed by atoms with Crippen molar-refractivity contribution in [3.8, 4) is 16.9 Å². The van der Waals surface area contributed by atoms with Crippen LogP contribution in [0.25, 0.3) is 11.1 Å². The maximum absolute atomic E-state index is 13.2. The van der Waals surface area contributed by atoms with Crippen LogP contribution in [0.5, 0.6) is 5.75 Å². The molecule has 34 heavy (non-hydrogen) atoms. The van der Waals surface area contributed by atoms with Gasteiger partial charge in [-0.2, -0.15) is 0 Å². The van der Waals surface area contributed by atoms with Crippen LogP contribution >= 0.6 is 0 Å². The molecule has 1 aliphatic rings. The fraction of sp³-hybridized carbons (Fsp3) is 0.296. The molecule has 0 radical (unpaired) electrons. The molecule has 0 bridgehead atoms. The van der Waals surface area contributed by atoms with Crippen LogP contribution < -0.4 is 9.46 Å². The molecule has 178 valence electrons. The third kappa shape index (κ3) is 5.32. The van der Waals surface area contributed by atoms with Crippen molar-refractivity contribution < 1.29 is 23.1 Å². The highest BCUT2D eigenvalue weighted by Gasteiger charge is 2.27. The first-order valence-electron chi connectivity index (χ1n) is 11.4. The first-order chi connectivity index (χ1) is 16.2. The number of carbonyl (C=O) groups is 1. The number of benzene rings is 3. The maximum atomic E-state index is 13.2. The molecule has 4 rings (SSSR count). The molecule has 2 N–H and O–H groups in total. The van der Waals surface area contributed by atoms with Crippen LogP contribution in [0.2, 0.25) is 0 Å². The molecule has 3 aromatic carbocycles. The van der Waals surface area contributed by atoms with E-state index in [0.717, 1.165) is 28.7 Å². The zero-order chi connectivity index (χ0) is 24.3. The van der Waals surface area contributed by atoms with Crippen molar-refractivity contribution in [3.05, 3.63) is 83.4 Å². The quantitative estimate of drug-likeness (QED) is 0.458. The summed E-state index contributed by atoms with van der Waals surface area (Å²) in [5.74, 6) is -0.140. The zero-order valence-electron chi connectivity index (χ0n) is 19.3. The second-order valence-electron chi connectivity index (χ2n) is 8.88. The summed E-state index contributed by atoms with van der Waals surface area (Å²) in [6.07, 6.45) is 2.15. The van der Waals surface area contributed by atoms with Gasteiger partial charge in [-0.3, -0.25) is 0 Å². The summed E-state index contributed by atoms with van der Waals surface area (Å²) in [4.78, 5) is 11.1. The molecule has 0 amide bonds. The lowest BCUT2D eigenvalue weighted by atomic mass is 9.87. The van der Waals surface area contributed by atoms with Gasteiger partial charge in [-0.1, -0.05) is 62.4 Å². The molecule has 0 aromatic heterocycles. The summed E-state index contributed by atoms with van der Waals surface area (Å²) in [6.45, 7) is 3.86. The lowest BCUT2D eigenvalue weighted by Gasteiger charge is -2.27. The van der Waals surface area contributed by atoms with Crippen molar-refractivity contribution >= 4 is 16.0 Å². The molecule has 1 unspecified atom stereocenters.